The SMILES string of the molecule is Cc1cc(OS(=O)(=O)C(F)(F)F)c(NC(C#N)=C(C#N)C#N)cc1Br. The summed E-state index contributed by atoms with van der Waals surface area (Å²) in [5.74, 6) is -0.763. The predicted octanol–water partition coefficient (Wildman–Crippen LogP) is 3.22. The fourth-order valence-corrected chi connectivity index (χ4v) is 2.22. The second kappa shape index (κ2) is 7.43. The van der Waals surface area contributed by atoms with Crippen molar-refractivity contribution in [3.05, 3.63) is 33.4 Å². The number of halogens is 4. The number of hydrogen-bond acceptors (Lipinski definition) is 7. The van der Waals surface area contributed by atoms with Crippen molar-refractivity contribution in [1.29, 1.82) is 15.8 Å². The van der Waals surface area contributed by atoms with E-state index in [4.69, 9.17) is 15.8 Å². The van der Waals surface area contributed by atoms with Crippen LogP contribution < -0.4 is 9.50 Å². The molecule has 7 nitrogen and oxygen atoms in total. The number of nitriles is 3. The molecule has 0 spiro atoms. The second-order valence-corrected chi connectivity index (χ2v) is 6.68. The van der Waals surface area contributed by atoms with Crippen LogP contribution in [0, 0.1) is 40.9 Å². The number of benzene rings is 1. The van der Waals surface area contributed by atoms with Gasteiger partial charge in [0.15, 0.2) is 11.3 Å². The van der Waals surface area contributed by atoms with Crippen LogP contribution in [0.3, 0.4) is 0 Å². The van der Waals surface area contributed by atoms with Gasteiger partial charge in [-0.05, 0) is 24.6 Å². The number of nitrogens with one attached hydrogen (secondary N) is 1. The zero-order chi connectivity index (χ0) is 19.4. The van der Waals surface area contributed by atoms with Gasteiger partial charge in [0.2, 0.25) is 0 Å². The van der Waals surface area contributed by atoms with Crippen LogP contribution in [0.4, 0.5) is 18.9 Å². The van der Waals surface area contributed by atoms with E-state index in [9.17, 15) is 21.6 Å². The lowest BCUT2D eigenvalue weighted by atomic mass is 10.2. The number of rotatable bonds is 4. The molecule has 1 rings (SSSR count). The van der Waals surface area contributed by atoms with Crippen molar-refractivity contribution < 1.29 is 25.8 Å². The molecule has 0 saturated carbocycles. The van der Waals surface area contributed by atoms with E-state index in [1.165, 1.54) is 25.1 Å². The fraction of sp³-hybridized carbons (Fsp3) is 0.154. The van der Waals surface area contributed by atoms with Gasteiger partial charge in [0.05, 0.1) is 5.69 Å². The van der Waals surface area contributed by atoms with Crippen molar-refractivity contribution >= 4 is 31.7 Å². The summed E-state index contributed by atoms with van der Waals surface area (Å²) < 4.78 is 64.4. The van der Waals surface area contributed by atoms with Crippen LogP contribution in [-0.4, -0.2) is 13.9 Å². The molecule has 1 aromatic rings. The molecule has 130 valence electrons. The van der Waals surface area contributed by atoms with Gasteiger partial charge >= 0.3 is 15.6 Å². The molecule has 0 aliphatic heterocycles. The lowest BCUT2D eigenvalue weighted by Gasteiger charge is -2.15. The summed E-state index contributed by atoms with van der Waals surface area (Å²) in [5, 5.41) is 28.7. The van der Waals surface area contributed by atoms with Crippen LogP contribution in [-0.2, 0) is 10.1 Å². The maximum atomic E-state index is 12.5. The molecule has 0 unspecified atom stereocenters. The van der Waals surface area contributed by atoms with E-state index >= 15 is 0 Å². The Hall–Kier alpha value is -2.75. The Kier molecular flexibility index (Phi) is 6.03. The monoisotopic (exact) mass is 434 g/mol. The predicted molar refractivity (Wildman–Crippen MR) is 82.0 cm³/mol. The van der Waals surface area contributed by atoms with Gasteiger partial charge in [-0.25, -0.2) is 0 Å². The summed E-state index contributed by atoms with van der Waals surface area (Å²) in [6.07, 6.45) is 0. The molecule has 12 heteroatoms. The Morgan fingerprint density at radius 1 is 1.20 bits per heavy atom. The van der Waals surface area contributed by atoms with Gasteiger partial charge in [-0.3, -0.25) is 0 Å². The number of anilines is 1. The summed E-state index contributed by atoms with van der Waals surface area (Å²) in [4.78, 5) is 0. The Morgan fingerprint density at radius 2 is 1.76 bits per heavy atom. The van der Waals surface area contributed by atoms with Crippen molar-refractivity contribution in [2.75, 3.05) is 5.32 Å². The minimum atomic E-state index is -5.96. The molecule has 0 aliphatic rings. The number of alkyl halides is 3. The first-order valence-corrected chi connectivity index (χ1v) is 8.19. The standard InChI is InChI=1S/C13H6BrF3N4O3S/c1-7-2-12(24-25(22,23)13(15,16)17)10(3-9(7)14)21-11(6-20)8(4-18)5-19/h2-3,21H,1H3. The highest BCUT2D eigenvalue weighted by atomic mass is 79.9. The minimum Gasteiger partial charge on any atom is -0.374 e. The second-order valence-electron chi connectivity index (χ2n) is 4.29. The van der Waals surface area contributed by atoms with Crippen LogP contribution in [0.1, 0.15) is 5.56 Å². The first-order chi connectivity index (χ1) is 11.5. The minimum absolute atomic E-state index is 0.334. The Balaban J connectivity index is 3.51. The van der Waals surface area contributed by atoms with E-state index in [1.54, 1.807) is 0 Å². The third-order valence-electron chi connectivity index (χ3n) is 2.59. The molecule has 25 heavy (non-hydrogen) atoms. The average Bonchev–Trinajstić information content (AvgIpc) is 2.50. The van der Waals surface area contributed by atoms with Gasteiger partial charge in [-0.15, -0.1) is 0 Å². The van der Waals surface area contributed by atoms with Crippen LogP contribution in [0.2, 0.25) is 0 Å². The topological polar surface area (TPSA) is 127 Å². The van der Waals surface area contributed by atoms with Crippen LogP contribution in [0.5, 0.6) is 5.75 Å². The molecular weight excluding hydrogens is 429 g/mol. The number of aryl methyl sites for hydroxylation is 1. The molecule has 0 radical (unpaired) electrons. The fourth-order valence-electron chi connectivity index (χ4n) is 1.40. The normalized spacial score (nSPS) is 10.8. The van der Waals surface area contributed by atoms with E-state index in [2.05, 4.69) is 25.4 Å². The van der Waals surface area contributed by atoms with Crippen molar-refractivity contribution in [2.45, 2.75) is 12.4 Å². The first-order valence-electron chi connectivity index (χ1n) is 5.99. The van der Waals surface area contributed by atoms with E-state index < -0.39 is 32.6 Å². The van der Waals surface area contributed by atoms with Crippen LogP contribution in [0.15, 0.2) is 27.9 Å². The lowest BCUT2D eigenvalue weighted by molar-refractivity contribution is -0.0499. The molecule has 0 fully saturated rings. The molecule has 0 saturated heterocycles. The quantitative estimate of drug-likeness (QED) is 0.437. The van der Waals surface area contributed by atoms with Crippen LogP contribution >= 0.6 is 15.9 Å². The first kappa shape index (κ1) is 20.3. The summed E-state index contributed by atoms with van der Waals surface area (Å²) in [6, 6.07) is 6.45. The molecule has 0 amide bonds. The van der Waals surface area contributed by atoms with Crippen molar-refractivity contribution in [3.8, 4) is 24.0 Å². The summed E-state index contributed by atoms with van der Waals surface area (Å²) in [7, 11) is -5.96. The van der Waals surface area contributed by atoms with Crippen molar-refractivity contribution in [2.24, 2.45) is 0 Å². The zero-order valence-electron chi connectivity index (χ0n) is 12.1. The van der Waals surface area contributed by atoms with Gasteiger partial charge < -0.3 is 9.50 Å². The van der Waals surface area contributed by atoms with E-state index in [1.807, 2.05) is 0 Å². The highest BCUT2D eigenvalue weighted by Crippen LogP contribution is 2.36. The molecule has 0 aliphatic carbocycles. The maximum absolute atomic E-state index is 12.5. The van der Waals surface area contributed by atoms with Crippen molar-refractivity contribution in [3.63, 3.8) is 0 Å². The summed E-state index contributed by atoms with van der Waals surface area (Å²) in [5.41, 5.74) is -6.94. The molecule has 0 aromatic heterocycles. The largest absolute Gasteiger partial charge is 0.534 e. The smallest absolute Gasteiger partial charge is 0.374 e. The Morgan fingerprint density at radius 3 is 2.20 bits per heavy atom. The number of allylic oxidation sites excluding steroid dienone is 2. The van der Waals surface area contributed by atoms with Gasteiger partial charge in [0.25, 0.3) is 0 Å². The van der Waals surface area contributed by atoms with Gasteiger partial charge in [-0.1, -0.05) is 15.9 Å². The lowest BCUT2D eigenvalue weighted by Crippen LogP contribution is -2.28. The highest BCUT2D eigenvalue weighted by Gasteiger charge is 2.48. The van der Waals surface area contributed by atoms with E-state index in [0.717, 1.165) is 12.1 Å². The van der Waals surface area contributed by atoms with E-state index in [-0.39, 0.29) is 5.69 Å². The summed E-state index contributed by atoms with van der Waals surface area (Å²) in [6.45, 7) is 1.46. The Bertz CT molecular complexity index is 950. The van der Waals surface area contributed by atoms with Gasteiger partial charge in [0, 0.05) is 4.47 Å². The van der Waals surface area contributed by atoms with Gasteiger partial charge in [0.1, 0.15) is 23.9 Å². The van der Waals surface area contributed by atoms with E-state index in [0.29, 0.717) is 10.0 Å². The average molecular weight is 435 g/mol. The third-order valence-corrected chi connectivity index (χ3v) is 4.41. The number of hydrogen-bond donors (Lipinski definition) is 1. The number of nitrogens with zero attached hydrogens (tertiary/aromatic N) is 3. The highest BCUT2D eigenvalue weighted by molar-refractivity contribution is 9.10. The van der Waals surface area contributed by atoms with Gasteiger partial charge in [-0.2, -0.15) is 37.4 Å². The molecule has 1 N–H and O–H groups in total. The maximum Gasteiger partial charge on any atom is 0.534 e. The van der Waals surface area contributed by atoms with Crippen molar-refractivity contribution in [1.82, 2.24) is 0 Å². The molecule has 0 bridgehead atoms. The molecule has 1 aromatic carbocycles. The zero-order valence-corrected chi connectivity index (χ0v) is 14.5. The third kappa shape index (κ3) is 4.63. The molecule has 0 atom stereocenters. The van der Waals surface area contributed by atoms with Crippen LogP contribution in [0.25, 0.3) is 0 Å². The molecule has 0 heterocycles. The Labute approximate surface area is 148 Å². The summed E-state index contributed by atoms with van der Waals surface area (Å²) >= 11 is 3.09. The molecular formula is C13H6BrF3N4O3S.